The van der Waals surface area contributed by atoms with Gasteiger partial charge in [0.25, 0.3) is 0 Å². The van der Waals surface area contributed by atoms with Gasteiger partial charge in [0, 0.05) is 74.7 Å². The summed E-state index contributed by atoms with van der Waals surface area (Å²) < 4.78 is 0. The monoisotopic (exact) mass is 426 g/mol. The van der Waals surface area contributed by atoms with Gasteiger partial charge in [0.2, 0.25) is 0 Å². The maximum absolute atomic E-state index is 12.9. The van der Waals surface area contributed by atoms with Crippen LogP contribution in [0.5, 0.6) is 0 Å². The molecular formula is C23H27ClN4O2. The molecular weight excluding hydrogens is 400 g/mol. The van der Waals surface area contributed by atoms with Gasteiger partial charge in [-0.15, -0.1) is 0 Å². The lowest BCUT2D eigenvalue weighted by molar-refractivity contribution is 0.0794. The van der Waals surface area contributed by atoms with Crippen molar-refractivity contribution in [3.8, 4) is 0 Å². The highest BCUT2D eigenvalue weighted by atomic mass is 35.5. The van der Waals surface area contributed by atoms with E-state index in [4.69, 9.17) is 11.6 Å². The van der Waals surface area contributed by atoms with Gasteiger partial charge in [-0.25, -0.2) is 4.79 Å². The van der Waals surface area contributed by atoms with Crippen LogP contribution in [0.1, 0.15) is 28.8 Å². The zero-order valence-electron chi connectivity index (χ0n) is 17.0. The number of nitrogens with zero attached hydrogens (tertiary/aromatic N) is 4. The fourth-order valence-electron chi connectivity index (χ4n) is 4.23. The van der Waals surface area contributed by atoms with E-state index in [-0.39, 0.29) is 17.7 Å². The van der Waals surface area contributed by atoms with Gasteiger partial charge >= 0.3 is 6.03 Å². The summed E-state index contributed by atoms with van der Waals surface area (Å²) in [5.41, 5.74) is 1.95. The molecule has 2 amide bonds. The molecule has 158 valence electrons. The van der Waals surface area contributed by atoms with Gasteiger partial charge in [-0.1, -0.05) is 11.6 Å². The second kappa shape index (κ2) is 9.58. The second-order valence-electron chi connectivity index (χ2n) is 8.03. The van der Waals surface area contributed by atoms with Crippen molar-refractivity contribution in [1.82, 2.24) is 19.7 Å². The Labute approximate surface area is 182 Å². The molecule has 2 aromatic rings. The summed E-state index contributed by atoms with van der Waals surface area (Å²) in [6.07, 6.45) is 5.07. The number of hydrogen-bond acceptors (Lipinski definition) is 4. The number of likely N-dealkylation sites (tertiary alicyclic amines) is 1. The predicted octanol–water partition coefficient (Wildman–Crippen LogP) is 3.57. The van der Waals surface area contributed by atoms with Crippen molar-refractivity contribution in [3.63, 3.8) is 0 Å². The lowest BCUT2D eigenvalue weighted by atomic mass is 9.89. The number of piperidine rings is 1. The van der Waals surface area contributed by atoms with E-state index >= 15 is 0 Å². The molecule has 0 bridgehead atoms. The SMILES string of the molecule is O=C(c1ccc(Cl)cc1)C1CCN(C(=O)N2CCN(Cc3ccncc3)CC2)CC1. The Kier molecular flexibility index (Phi) is 6.65. The summed E-state index contributed by atoms with van der Waals surface area (Å²) in [5.74, 6) is 0.135. The topological polar surface area (TPSA) is 56.8 Å². The number of piperazine rings is 1. The number of aromatic nitrogens is 1. The summed E-state index contributed by atoms with van der Waals surface area (Å²) >= 11 is 5.91. The van der Waals surface area contributed by atoms with Crippen LogP contribution in [0.2, 0.25) is 5.02 Å². The number of hydrogen-bond donors (Lipinski definition) is 0. The fourth-order valence-corrected chi connectivity index (χ4v) is 4.35. The molecule has 0 unspecified atom stereocenters. The molecule has 1 aromatic heterocycles. The van der Waals surface area contributed by atoms with Gasteiger partial charge in [-0.05, 0) is 54.8 Å². The maximum atomic E-state index is 12.9. The van der Waals surface area contributed by atoms with Crippen LogP contribution < -0.4 is 0 Å². The number of carbonyl (C=O) groups excluding carboxylic acids is 2. The third-order valence-electron chi connectivity index (χ3n) is 6.06. The molecule has 0 saturated carbocycles. The van der Waals surface area contributed by atoms with Crippen LogP contribution in [0.4, 0.5) is 4.79 Å². The number of carbonyl (C=O) groups is 2. The van der Waals surface area contributed by atoms with E-state index in [1.54, 1.807) is 24.3 Å². The zero-order chi connectivity index (χ0) is 20.9. The lowest BCUT2D eigenvalue weighted by Gasteiger charge is -2.39. The number of Topliss-reactive ketones (excluding diaryl/α,β-unsaturated/α-hetero) is 1. The van der Waals surface area contributed by atoms with E-state index in [1.165, 1.54) is 5.56 Å². The van der Waals surface area contributed by atoms with Gasteiger partial charge in [0.1, 0.15) is 0 Å². The van der Waals surface area contributed by atoms with Crippen LogP contribution in [0, 0.1) is 5.92 Å². The van der Waals surface area contributed by atoms with Crippen molar-refractivity contribution in [2.45, 2.75) is 19.4 Å². The molecule has 0 spiro atoms. The Hall–Kier alpha value is -2.44. The molecule has 2 saturated heterocycles. The van der Waals surface area contributed by atoms with E-state index in [9.17, 15) is 9.59 Å². The summed E-state index contributed by atoms with van der Waals surface area (Å²) in [6.45, 7) is 5.41. The van der Waals surface area contributed by atoms with Crippen LogP contribution in [0.25, 0.3) is 0 Å². The van der Waals surface area contributed by atoms with Crippen molar-refractivity contribution >= 4 is 23.4 Å². The first-order valence-corrected chi connectivity index (χ1v) is 10.9. The fraction of sp³-hybridized carbons (Fsp3) is 0.435. The largest absolute Gasteiger partial charge is 0.325 e. The van der Waals surface area contributed by atoms with Crippen LogP contribution in [0.3, 0.4) is 0 Å². The highest BCUT2D eigenvalue weighted by Crippen LogP contribution is 2.24. The average molecular weight is 427 g/mol. The summed E-state index contributed by atoms with van der Waals surface area (Å²) in [7, 11) is 0. The first-order valence-electron chi connectivity index (χ1n) is 10.5. The number of benzene rings is 1. The van der Waals surface area contributed by atoms with Crippen molar-refractivity contribution in [2.75, 3.05) is 39.3 Å². The highest BCUT2D eigenvalue weighted by molar-refractivity contribution is 6.30. The van der Waals surface area contributed by atoms with Gasteiger partial charge in [-0.3, -0.25) is 14.7 Å². The van der Waals surface area contributed by atoms with E-state index in [0.717, 1.165) is 45.6 Å². The number of amides is 2. The zero-order valence-corrected chi connectivity index (χ0v) is 17.8. The number of pyridine rings is 1. The van der Waals surface area contributed by atoms with Gasteiger partial charge in [0.05, 0.1) is 0 Å². The second-order valence-corrected chi connectivity index (χ2v) is 8.47. The Balaban J connectivity index is 1.24. The number of halogens is 1. The highest BCUT2D eigenvalue weighted by Gasteiger charge is 2.31. The molecule has 4 rings (SSSR count). The quantitative estimate of drug-likeness (QED) is 0.701. The number of urea groups is 1. The molecule has 2 aliphatic heterocycles. The predicted molar refractivity (Wildman–Crippen MR) is 117 cm³/mol. The first-order chi connectivity index (χ1) is 14.6. The summed E-state index contributed by atoms with van der Waals surface area (Å²) in [5, 5.41) is 0.632. The van der Waals surface area contributed by atoms with E-state index in [0.29, 0.717) is 23.7 Å². The first kappa shape index (κ1) is 20.8. The standard InChI is InChI=1S/C23H27ClN4O2/c24-21-3-1-19(2-4-21)22(29)20-7-11-27(12-8-20)23(30)28-15-13-26(14-16-28)17-18-5-9-25-10-6-18/h1-6,9-10,20H,7-8,11-17H2. The number of rotatable bonds is 4. The molecule has 0 aliphatic carbocycles. The number of ketones is 1. The molecule has 7 heteroatoms. The molecule has 0 radical (unpaired) electrons. The minimum absolute atomic E-state index is 0.0209. The third kappa shape index (κ3) is 4.99. The Morgan fingerprint density at radius 2 is 1.47 bits per heavy atom. The molecule has 0 N–H and O–H groups in total. The van der Waals surface area contributed by atoms with Crippen LogP contribution in [-0.2, 0) is 6.54 Å². The lowest BCUT2D eigenvalue weighted by Crippen LogP contribution is -2.54. The van der Waals surface area contributed by atoms with Gasteiger partial charge < -0.3 is 9.80 Å². The summed E-state index contributed by atoms with van der Waals surface area (Å²) in [4.78, 5) is 35.9. The van der Waals surface area contributed by atoms with Crippen molar-refractivity contribution < 1.29 is 9.59 Å². The normalized spacial score (nSPS) is 18.4. The van der Waals surface area contributed by atoms with E-state index < -0.39 is 0 Å². The van der Waals surface area contributed by atoms with Crippen LogP contribution in [-0.4, -0.2) is 70.8 Å². The molecule has 3 heterocycles. The molecule has 2 aliphatic rings. The third-order valence-corrected chi connectivity index (χ3v) is 6.32. The summed E-state index contributed by atoms with van der Waals surface area (Å²) in [6, 6.07) is 11.3. The van der Waals surface area contributed by atoms with Gasteiger partial charge in [-0.2, -0.15) is 0 Å². The minimum atomic E-state index is -0.0209. The molecule has 2 fully saturated rings. The van der Waals surface area contributed by atoms with Crippen LogP contribution >= 0.6 is 11.6 Å². The van der Waals surface area contributed by atoms with Gasteiger partial charge in [0.15, 0.2) is 5.78 Å². The molecule has 1 aromatic carbocycles. The maximum Gasteiger partial charge on any atom is 0.320 e. The average Bonchev–Trinajstić information content (AvgIpc) is 2.80. The Morgan fingerprint density at radius 3 is 2.10 bits per heavy atom. The van der Waals surface area contributed by atoms with E-state index in [1.807, 2.05) is 34.3 Å². The van der Waals surface area contributed by atoms with Crippen molar-refractivity contribution in [2.24, 2.45) is 5.92 Å². The Morgan fingerprint density at radius 1 is 0.867 bits per heavy atom. The molecule has 30 heavy (non-hydrogen) atoms. The minimum Gasteiger partial charge on any atom is -0.325 e. The van der Waals surface area contributed by atoms with Crippen molar-refractivity contribution in [3.05, 3.63) is 64.9 Å². The smallest absolute Gasteiger partial charge is 0.320 e. The Bertz CT molecular complexity index is 859. The molecule has 0 atom stereocenters. The van der Waals surface area contributed by atoms with Crippen molar-refractivity contribution in [1.29, 1.82) is 0 Å². The van der Waals surface area contributed by atoms with E-state index in [2.05, 4.69) is 9.88 Å². The molecule has 6 nitrogen and oxygen atoms in total. The van der Waals surface area contributed by atoms with Crippen LogP contribution in [0.15, 0.2) is 48.8 Å².